The van der Waals surface area contributed by atoms with E-state index in [-0.39, 0.29) is 19.6 Å². The SMILES string of the molecule is CC/C=C\C/C=C\C/C=C\C/C=C\C/C=C\C/C=C\CCCOCC(COC1OC(COC2OC(CO)C(O)C(O)C2O)C(O)C(O)C1O)OC(=O)CCCCCCCC. The summed E-state index contributed by atoms with van der Waals surface area (Å²) in [6.45, 7) is 3.30. The van der Waals surface area contributed by atoms with Gasteiger partial charge in [0.2, 0.25) is 0 Å². The molecular formula is C46H76O14. The first-order valence-electron chi connectivity index (χ1n) is 22.0. The maximum atomic E-state index is 12.8. The molecule has 0 radical (unpaired) electrons. The third-order valence-electron chi connectivity index (χ3n) is 9.98. The zero-order valence-electron chi connectivity index (χ0n) is 35.9. The largest absolute Gasteiger partial charge is 0.457 e. The minimum atomic E-state index is -1.72. The van der Waals surface area contributed by atoms with E-state index in [1.54, 1.807) is 0 Å². The Morgan fingerprint density at radius 2 is 1.07 bits per heavy atom. The molecule has 0 aromatic heterocycles. The Morgan fingerprint density at radius 3 is 1.63 bits per heavy atom. The van der Waals surface area contributed by atoms with Gasteiger partial charge in [0, 0.05) is 13.0 Å². The van der Waals surface area contributed by atoms with Gasteiger partial charge in [-0.15, -0.1) is 0 Å². The van der Waals surface area contributed by atoms with E-state index in [9.17, 15) is 40.5 Å². The van der Waals surface area contributed by atoms with E-state index in [1.165, 1.54) is 0 Å². The van der Waals surface area contributed by atoms with Crippen molar-refractivity contribution in [3.8, 4) is 0 Å². The van der Waals surface area contributed by atoms with E-state index in [0.29, 0.717) is 13.0 Å². The fourth-order valence-electron chi connectivity index (χ4n) is 6.36. The standard InChI is InChI=1S/C46H76O14/c1-3-5-7-9-11-12-13-14-15-16-17-18-19-20-21-22-23-24-26-28-30-55-32-35(58-38(48)29-27-25-10-8-6-4-2)33-56-45-44(54)42(52)40(50)37(60-45)34-57-46-43(53)41(51)39(49)36(31-47)59-46/h5,7,11-12,14-15,17-18,20-21,23-24,35-37,39-47,49-54H,3-4,6,8-10,13,16,19,22,25-34H2,1-2H3/b7-5-,12-11-,15-14-,18-17-,21-20-,24-23-. The van der Waals surface area contributed by atoms with Crippen molar-refractivity contribution in [3.05, 3.63) is 72.9 Å². The number of ether oxygens (including phenoxy) is 6. The highest BCUT2D eigenvalue weighted by Gasteiger charge is 2.47. The van der Waals surface area contributed by atoms with Gasteiger partial charge in [-0.05, 0) is 57.8 Å². The van der Waals surface area contributed by atoms with Crippen molar-refractivity contribution in [2.75, 3.05) is 33.0 Å². The van der Waals surface area contributed by atoms with Crippen molar-refractivity contribution in [2.45, 2.75) is 178 Å². The summed E-state index contributed by atoms with van der Waals surface area (Å²) in [5.74, 6) is -0.410. The van der Waals surface area contributed by atoms with Gasteiger partial charge in [-0.1, -0.05) is 119 Å². The maximum absolute atomic E-state index is 12.8. The highest BCUT2D eigenvalue weighted by Crippen LogP contribution is 2.26. The number of hydrogen-bond donors (Lipinski definition) is 7. The zero-order valence-corrected chi connectivity index (χ0v) is 35.9. The Kier molecular flexibility index (Phi) is 30.3. The van der Waals surface area contributed by atoms with Crippen LogP contribution in [0.25, 0.3) is 0 Å². The molecule has 2 aliphatic rings. The molecule has 0 bridgehead atoms. The molecule has 11 unspecified atom stereocenters. The summed E-state index contributed by atoms with van der Waals surface area (Å²) in [5.41, 5.74) is 0. The first-order chi connectivity index (χ1) is 29.1. The number of allylic oxidation sites excluding steroid dienone is 12. The van der Waals surface area contributed by atoms with Gasteiger partial charge in [-0.2, -0.15) is 0 Å². The van der Waals surface area contributed by atoms with Crippen molar-refractivity contribution in [2.24, 2.45) is 0 Å². The van der Waals surface area contributed by atoms with E-state index in [4.69, 9.17) is 28.4 Å². The summed E-state index contributed by atoms with van der Waals surface area (Å²) in [4.78, 5) is 12.8. The lowest BCUT2D eigenvalue weighted by Crippen LogP contribution is -2.61. The van der Waals surface area contributed by atoms with Crippen LogP contribution in [0.15, 0.2) is 72.9 Å². The molecule has 0 aromatic carbocycles. The number of rotatable bonds is 32. The summed E-state index contributed by atoms with van der Waals surface area (Å²) in [6, 6.07) is 0. The molecule has 0 aromatic rings. The van der Waals surface area contributed by atoms with Crippen LogP contribution in [-0.2, 0) is 33.2 Å². The number of esters is 1. The Hall–Kier alpha value is -2.57. The number of carbonyl (C=O) groups is 1. The van der Waals surface area contributed by atoms with Crippen LogP contribution in [0.2, 0.25) is 0 Å². The second kappa shape index (κ2) is 34.0. The molecule has 7 N–H and O–H groups in total. The van der Waals surface area contributed by atoms with Gasteiger partial charge in [0.05, 0.1) is 26.4 Å². The number of carbonyl (C=O) groups excluding carboxylic acids is 1. The maximum Gasteiger partial charge on any atom is 0.306 e. The molecule has 14 nitrogen and oxygen atoms in total. The monoisotopic (exact) mass is 853 g/mol. The lowest BCUT2D eigenvalue weighted by molar-refractivity contribution is -0.332. The van der Waals surface area contributed by atoms with Crippen molar-refractivity contribution < 1.29 is 69.0 Å². The molecule has 2 fully saturated rings. The van der Waals surface area contributed by atoms with E-state index in [2.05, 4.69) is 86.8 Å². The molecule has 2 rings (SSSR count). The average molecular weight is 853 g/mol. The normalized spacial score (nSPS) is 28.4. The van der Waals surface area contributed by atoms with Gasteiger partial charge in [-0.25, -0.2) is 0 Å². The number of aliphatic hydroxyl groups is 7. The molecule has 0 saturated carbocycles. The molecule has 0 amide bonds. The molecule has 14 heteroatoms. The Bertz CT molecular complexity index is 1270. The third-order valence-corrected chi connectivity index (χ3v) is 9.98. The fraction of sp³-hybridized carbons (Fsp3) is 0.717. The van der Waals surface area contributed by atoms with Gasteiger partial charge >= 0.3 is 5.97 Å². The van der Waals surface area contributed by atoms with Crippen LogP contribution < -0.4 is 0 Å². The first-order valence-corrected chi connectivity index (χ1v) is 22.0. The average Bonchev–Trinajstić information content (AvgIpc) is 3.24. The quantitative estimate of drug-likeness (QED) is 0.0276. The van der Waals surface area contributed by atoms with Crippen LogP contribution in [0.5, 0.6) is 0 Å². The Morgan fingerprint density at radius 1 is 0.567 bits per heavy atom. The number of unbranched alkanes of at least 4 members (excludes halogenated alkanes) is 6. The number of aliphatic hydroxyl groups excluding tert-OH is 7. The lowest BCUT2D eigenvalue weighted by Gasteiger charge is -2.42. The smallest absolute Gasteiger partial charge is 0.306 e. The predicted octanol–water partition coefficient (Wildman–Crippen LogP) is 4.78. The minimum absolute atomic E-state index is 0.0175. The molecular weight excluding hydrogens is 776 g/mol. The van der Waals surface area contributed by atoms with Crippen molar-refractivity contribution in [1.82, 2.24) is 0 Å². The topological polar surface area (TPSA) is 214 Å². The molecule has 2 heterocycles. The molecule has 2 aliphatic heterocycles. The minimum Gasteiger partial charge on any atom is -0.457 e. The lowest BCUT2D eigenvalue weighted by atomic mass is 9.98. The molecule has 11 atom stereocenters. The van der Waals surface area contributed by atoms with Crippen LogP contribution in [-0.4, -0.2) is 142 Å². The van der Waals surface area contributed by atoms with Crippen molar-refractivity contribution in [1.29, 1.82) is 0 Å². The third kappa shape index (κ3) is 22.5. The molecule has 0 spiro atoms. The van der Waals surface area contributed by atoms with E-state index in [0.717, 1.165) is 83.5 Å². The van der Waals surface area contributed by atoms with E-state index >= 15 is 0 Å². The van der Waals surface area contributed by atoms with Crippen molar-refractivity contribution in [3.63, 3.8) is 0 Å². The van der Waals surface area contributed by atoms with E-state index < -0.39 is 86.7 Å². The van der Waals surface area contributed by atoms with Gasteiger partial charge in [-0.3, -0.25) is 4.79 Å². The summed E-state index contributed by atoms with van der Waals surface area (Å²) in [5, 5.41) is 71.7. The Labute approximate surface area is 357 Å². The van der Waals surface area contributed by atoms with Crippen LogP contribution in [0.4, 0.5) is 0 Å². The summed E-state index contributed by atoms with van der Waals surface area (Å²) in [6.07, 6.45) is 23.1. The summed E-state index contributed by atoms with van der Waals surface area (Å²) < 4.78 is 33.9. The predicted molar refractivity (Wildman–Crippen MR) is 228 cm³/mol. The van der Waals surface area contributed by atoms with E-state index in [1.807, 2.05) is 0 Å². The molecule has 344 valence electrons. The fourth-order valence-corrected chi connectivity index (χ4v) is 6.36. The summed E-state index contributed by atoms with van der Waals surface area (Å²) >= 11 is 0. The molecule has 2 saturated heterocycles. The van der Waals surface area contributed by atoms with Crippen LogP contribution in [0, 0.1) is 0 Å². The van der Waals surface area contributed by atoms with Gasteiger partial charge < -0.3 is 64.2 Å². The van der Waals surface area contributed by atoms with Crippen LogP contribution in [0.1, 0.15) is 110 Å². The molecule has 60 heavy (non-hydrogen) atoms. The van der Waals surface area contributed by atoms with Crippen LogP contribution in [0.3, 0.4) is 0 Å². The second-order valence-corrected chi connectivity index (χ2v) is 15.1. The van der Waals surface area contributed by atoms with Gasteiger partial charge in [0.1, 0.15) is 54.9 Å². The van der Waals surface area contributed by atoms with Gasteiger partial charge in [0.15, 0.2) is 12.6 Å². The second-order valence-electron chi connectivity index (χ2n) is 15.1. The zero-order chi connectivity index (χ0) is 43.8. The van der Waals surface area contributed by atoms with Gasteiger partial charge in [0.25, 0.3) is 0 Å². The number of hydrogen-bond acceptors (Lipinski definition) is 14. The molecule has 0 aliphatic carbocycles. The highest BCUT2D eigenvalue weighted by atomic mass is 16.7. The Balaban J connectivity index is 1.79. The summed E-state index contributed by atoms with van der Waals surface area (Å²) in [7, 11) is 0. The van der Waals surface area contributed by atoms with Crippen LogP contribution >= 0.6 is 0 Å². The first kappa shape index (κ1) is 53.6. The van der Waals surface area contributed by atoms with Crippen molar-refractivity contribution >= 4 is 5.97 Å². The highest BCUT2D eigenvalue weighted by molar-refractivity contribution is 5.69.